The van der Waals surface area contributed by atoms with Crippen molar-refractivity contribution in [1.82, 2.24) is 9.80 Å². The van der Waals surface area contributed by atoms with Gasteiger partial charge in [-0.15, -0.1) is 11.3 Å². The maximum atomic E-state index is 13.2. The summed E-state index contributed by atoms with van der Waals surface area (Å²) >= 11 is 1.48. The van der Waals surface area contributed by atoms with Gasteiger partial charge in [-0.25, -0.2) is 0 Å². The number of aliphatic hydroxyl groups excluding tert-OH is 1. The van der Waals surface area contributed by atoms with Gasteiger partial charge in [-0.2, -0.15) is 0 Å². The number of Topliss-reactive ketones (excluding diaryl/α,β-unsaturated/α-hetero) is 1. The first-order valence-corrected chi connectivity index (χ1v) is 13.2. The van der Waals surface area contributed by atoms with Gasteiger partial charge in [-0.1, -0.05) is 19.4 Å². The summed E-state index contributed by atoms with van der Waals surface area (Å²) in [5, 5.41) is 13.2. The summed E-state index contributed by atoms with van der Waals surface area (Å²) in [5.74, 6) is -0.564. The Labute approximate surface area is 210 Å². The van der Waals surface area contributed by atoms with E-state index in [2.05, 4.69) is 11.8 Å². The van der Waals surface area contributed by atoms with E-state index in [9.17, 15) is 14.7 Å². The van der Waals surface area contributed by atoms with E-state index in [0.29, 0.717) is 18.7 Å². The Morgan fingerprint density at radius 3 is 2.66 bits per heavy atom. The van der Waals surface area contributed by atoms with Crippen LogP contribution in [-0.2, 0) is 14.3 Å². The summed E-state index contributed by atoms with van der Waals surface area (Å²) in [6, 6.07) is 8.62. The standard InChI is InChI=1S/C27H34N2O5S/c1-3-4-14-34-21-9-8-20(18-19(21)2)25(30)23-24(22-7-5-17-35-22)29(27(32)26(23)31)11-6-10-28-12-15-33-16-13-28/h5,7-9,17-18,24,30H,3-4,6,10-16H2,1-2H3/b25-23+/t24-/m1/s1. The number of benzene rings is 1. The monoisotopic (exact) mass is 498 g/mol. The number of aliphatic hydroxyl groups is 1. The van der Waals surface area contributed by atoms with E-state index in [0.717, 1.165) is 68.3 Å². The van der Waals surface area contributed by atoms with E-state index in [1.807, 2.05) is 36.6 Å². The minimum atomic E-state index is -0.631. The molecular formula is C27H34N2O5S. The number of carbonyl (C=O) groups is 2. The Kier molecular flexibility index (Phi) is 8.59. The number of rotatable bonds is 10. The highest BCUT2D eigenvalue weighted by Gasteiger charge is 2.46. The predicted molar refractivity (Wildman–Crippen MR) is 137 cm³/mol. The zero-order valence-electron chi connectivity index (χ0n) is 20.5. The van der Waals surface area contributed by atoms with Crippen molar-refractivity contribution in [3.05, 3.63) is 57.3 Å². The second kappa shape index (κ2) is 11.8. The molecule has 1 N–H and O–H groups in total. The molecule has 0 aliphatic carbocycles. The first-order chi connectivity index (χ1) is 17.0. The molecule has 2 aromatic rings. The molecule has 0 bridgehead atoms. The molecule has 0 saturated carbocycles. The van der Waals surface area contributed by atoms with Gasteiger partial charge in [-0.05, 0) is 55.0 Å². The third kappa shape index (κ3) is 5.77. The average Bonchev–Trinajstić information content (AvgIpc) is 3.48. The lowest BCUT2D eigenvalue weighted by Crippen LogP contribution is -2.38. The van der Waals surface area contributed by atoms with Crippen LogP contribution in [-0.4, -0.2) is 72.6 Å². The Morgan fingerprint density at radius 2 is 1.97 bits per heavy atom. The summed E-state index contributed by atoms with van der Waals surface area (Å²) in [6.07, 6.45) is 2.77. The smallest absolute Gasteiger partial charge is 0.295 e. The van der Waals surface area contributed by atoms with Crippen molar-refractivity contribution in [3.63, 3.8) is 0 Å². The minimum absolute atomic E-state index is 0.138. The number of aryl methyl sites for hydroxylation is 1. The van der Waals surface area contributed by atoms with E-state index in [1.165, 1.54) is 11.3 Å². The fourth-order valence-corrected chi connectivity index (χ4v) is 5.43. The summed E-state index contributed by atoms with van der Waals surface area (Å²) in [7, 11) is 0. The first-order valence-electron chi connectivity index (χ1n) is 12.4. The fourth-order valence-electron chi connectivity index (χ4n) is 4.58. The van der Waals surface area contributed by atoms with Crippen molar-refractivity contribution in [2.24, 2.45) is 0 Å². The second-order valence-corrected chi connectivity index (χ2v) is 9.98. The molecule has 2 aliphatic heterocycles. The largest absolute Gasteiger partial charge is 0.507 e. The Hall–Kier alpha value is -2.68. The number of likely N-dealkylation sites (tertiary alicyclic amines) is 1. The maximum absolute atomic E-state index is 13.2. The number of ketones is 1. The van der Waals surface area contributed by atoms with Gasteiger partial charge < -0.3 is 19.5 Å². The number of thiophene rings is 1. The third-order valence-electron chi connectivity index (χ3n) is 6.53. The van der Waals surface area contributed by atoms with Crippen molar-refractivity contribution >= 4 is 28.8 Å². The van der Waals surface area contributed by atoms with Gasteiger partial charge in [0.05, 0.1) is 31.4 Å². The first kappa shape index (κ1) is 25.4. The SMILES string of the molecule is CCCCOc1ccc(/C(O)=C2\C(=O)C(=O)N(CCCN3CCOCC3)[C@@H]2c2cccs2)cc1C. The number of amides is 1. The summed E-state index contributed by atoms with van der Waals surface area (Å²) < 4.78 is 11.2. The summed E-state index contributed by atoms with van der Waals surface area (Å²) in [5.41, 5.74) is 1.54. The van der Waals surface area contributed by atoms with Gasteiger partial charge in [0.2, 0.25) is 0 Å². The van der Waals surface area contributed by atoms with Crippen molar-refractivity contribution in [3.8, 4) is 5.75 Å². The summed E-state index contributed by atoms with van der Waals surface area (Å²) in [6.45, 7) is 9.15. The maximum Gasteiger partial charge on any atom is 0.295 e. The molecule has 1 amide bonds. The number of nitrogens with zero attached hydrogens (tertiary/aromatic N) is 2. The van der Waals surface area contributed by atoms with Crippen LogP contribution in [0, 0.1) is 6.92 Å². The minimum Gasteiger partial charge on any atom is -0.507 e. The molecule has 2 aliphatic rings. The van der Waals surface area contributed by atoms with Crippen LogP contribution in [0.2, 0.25) is 0 Å². The Morgan fingerprint density at radius 1 is 1.17 bits per heavy atom. The van der Waals surface area contributed by atoms with E-state index in [1.54, 1.807) is 11.0 Å². The van der Waals surface area contributed by atoms with Gasteiger partial charge in [-0.3, -0.25) is 14.5 Å². The van der Waals surface area contributed by atoms with E-state index in [-0.39, 0.29) is 11.3 Å². The van der Waals surface area contributed by atoms with Gasteiger partial charge in [0.15, 0.2) is 0 Å². The topological polar surface area (TPSA) is 79.3 Å². The van der Waals surface area contributed by atoms with Gasteiger partial charge in [0.25, 0.3) is 11.7 Å². The molecule has 7 nitrogen and oxygen atoms in total. The van der Waals surface area contributed by atoms with E-state index >= 15 is 0 Å². The van der Waals surface area contributed by atoms with Gasteiger partial charge in [0.1, 0.15) is 11.5 Å². The van der Waals surface area contributed by atoms with Crippen LogP contribution in [0.15, 0.2) is 41.3 Å². The molecule has 1 aromatic heterocycles. The van der Waals surface area contributed by atoms with Crippen LogP contribution in [0.1, 0.15) is 48.2 Å². The summed E-state index contributed by atoms with van der Waals surface area (Å²) in [4.78, 5) is 31.1. The molecule has 0 spiro atoms. The number of hydrogen-bond donors (Lipinski definition) is 1. The van der Waals surface area contributed by atoms with Crippen LogP contribution < -0.4 is 4.74 Å². The number of hydrogen-bond acceptors (Lipinski definition) is 7. The number of ether oxygens (including phenoxy) is 2. The predicted octanol–water partition coefficient (Wildman–Crippen LogP) is 4.38. The zero-order valence-corrected chi connectivity index (χ0v) is 21.3. The van der Waals surface area contributed by atoms with Crippen molar-refractivity contribution in [2.75, 3.05) is 46.0 Å². The molecule has 0 unspecified atom stereocenters. The Bertz CT molecular complexity index is 1060. The lowest BCUT2D eigenvalue weighted by Gasteiger charge is -2.28. The van der Waals surface area contributed by atoms with Crippen LogP contribution >= 0.6 is 11.3 Å². The highest BCUT2D eigenvalue weighted by molar-refractivity contribution is 7.10. The zero-order chi connectivity index (χ0) is 24.8. The highest BCUT2D eigenvalue weighted by Crippen LogP contribution is 2.41. The molecule has 188 valence electrons. The molecule has 2 saturated heterocycles. The Balaban J connectivity index is 1.59. The quantitative estimate of drug-likeness (QED) is 0.227. The lowest BCUT2D eigenvalue weighted by atomic mass is 9.98. The molecule has 0 radical (unpaired) electrons. The molecule has 1 atom stereocenters. The molecule has 4 rings (SSSR count). The fraction of sp³-hybridized carbons (Fsp3) is 0.481. The molecular weight excluding hydrogens is 464 g/mol. The third-order valence-corrected chi connectivity index (χ3v) is 7.46. The molecule has 3 heterocycles. The number of unbranched alkanes of at least 4 members (excludes halogenated alkanes) is 1. The molecule has 2 fully saturated rings. The van der Waals surface area contributed by atoms with Gasteiger partial charge >= 0.3 is 0 Å². The van der Waals surface area contributed by atoms with Crippen molar-refractivity contribution in [2.45, 2.75) is 39.2 Å². The van der Waals surface area contributed by atoms with Crippen LogP contribution in [0.25, 0.3) is 5.76 Å². The van der Waals surface area contributed by atoms with E-state index in [4.69, 9.17) is 9.47 Å². The van der Waals surface area contributed by atoms with Crippen molar-refractivity contribution in [1.29, 1.82) is 0 Å². The van der Waals surface area contributed by atoms with Crippen molar-refractivity contribution < 1.29 is 24.2 Å². The number of morpholine rings is 1. The average molecular weight is 499 g/mol. The van der Waals surface area contributed by atoms with Crippen LogP contribution in [0.5, 0.6) is 5.75 Å². The number of carbonyl (C=O) groups excluding carboxylic acids is 2. The van der Waals surface area contributed by atoms with Crippen LogP contribution in [0.4, 0.5) is 0 Å². The normalized spacial score (nSPS) is 20.5. The molecule has 1 aromatic carbocycles. The second-order valence-electron chi connectivity index (χ2n) is 9.00. The molecule has 8 heteroatoms. The lowest BCUT2D eigenvalue weighted by molar-refractivity contribution is -0.140. The highest BCUT2D eigenvalue weighted by atomic mass is 32.1. The van der Waals surface area contributed by atoms with Gasteiger partial charge in [0, 0.05) is 36.6 Å². The van der Waals surface area contributed by atoms with Crippen LogP contribution in [0.3, 0.4) is 0 Å². The molecule has 35 heavy (non-hydrogen) atoms. The van der Waals surface area contributed by atoms with E-state index < -0.39 is 17.7 Å².